The second-order valence-corrected chi connectivity index (χ2v) is 4.26. The molecule has 1 rings (SSSR count). The van der Waals surface area contributed by atoms with Gasteiger partial charge in [-0.15, -0.1) is 0 Å². The molecule has 11 heteroatoms. The van der Waals surface area contributed by atoms with Gasteiger partial charge in [0, 0.05) is 0 Å². The molecule has 1 saturated heterocycles. The molecule has 1 aliphatic heterocycles. The predicted molar refractivity (Wildman–Crippen MR) is 63.9 cm³/mol. The Hall–Kier alpha value is -1.34. The van der Waals surface area contributed by atoms with E-state index in [1.54, 1.807) is 0 Å². The molecule has 1 aliphatic rings. The number of carboxylic acid groups (broad SMARTS) is 2. The molecule has 0 spiro atoms. The van der Waals surface area contributed by atoms with Crippen LogP contribution in [0.5, 0.6) is 0 Å². The first kappa shape index (κ1) is 19.7. The molecule has 0 bridgehead atoms. The van der Waals surface area contributed by atoms with Crippen molar-refractivity contribution in [2.24, 2.45) is 5.73 Å². The first-order valence-electron chi connectivity index (χ1n) is 5.80. The molecule has 0 aromatic heterocycles. The minimum Gasteiger partial charge on any atom is -0.481 e. The number of carbonyl (C=O) groups is 2. The van der Waals surface area contributed by atoms with Crippen molar-refractivity contribution < 1.29 is 50.1 Å². The van der Waals surface area contributed by atoms with Gasteiger partial charge < -0.3 is 46.2 Å². The molecular weight excluding hydrogens is 294 g/mol. The van der Waals surface area contributed by atoms with E-state index >= 15 is 0 Å². The number of hydrogen-bond acceptors (Lipinski definition) is 9. The standard InChI is InChI=1S/C6H13NO5.C4H6O5/c7-3-5(10)4(9)2(1-8)12-6(3)11;5-2(4(8)9)1-3(6)7/h2-6,8-11H,1,7H2;2,5H,1H2,(H,6,7)(H,8,9)/t2-,3-,4-,5-,6?;/m1./s1. The molecule has 21 heavy (non-hydrogen) atoms. The number of carboxylic acids is 2. The van der Waals surface area contributed by atoms with Crippen LogP contribution in [0.4, 0.5) is 0 Å². The first-order valence-corrected chi connectivity index (χ1v) is 5.80. The highest BCUT2D eigenvalue weighted by Crippen LogP contribution is 2.17. The Kier molecular flexibility index (Phi) is 8.27. The summed E-state index contributed by atoms with van der Waals surface area (Å²) in [5.74, 6) is -2.85. The first-order chi connectivity index (χ1) is 9.61. The second kappa shape index (κ2) is 8.84. The molecule has 124 valence electrons. The summed E-state index contributed by atoms with van der Waals surface area (Å²) in [6, 6.07) is -1.04. The second-order valence-electron chi connectivity index (χ2n) is 4.26. The molecule has 1 fully saturated rings. The highest BCUT2D eigenvalue weighted by molar-refractivity contribution is 5.79. The van der Waals surface area contributed by atoms with Crippen LogP contribution in [0, 0.1) is 0 Å². The quantitative estimate of drug-likeness (QED) is 0.248. The van der Waals surface area contributed by atoms with Gasteiger partial charge in [0.05, 0.1) is 19.1 Å². The van der Waals surface area contributed by atoms with E-state index in [4.69, 9.17) is 36.0 Å². The average Bonchev–Trinajstić information content (AvgIpc) is 2.40. The Morgan fingerprint density at radius 1 is 1.14 bits per heavy atom. The third-order valence-corrected chi connectivity index (χ3v) is 2.60. The van der Waals surface area contributed by atoms with Crippen LogP contribution in [-0.2, 0) is 14.3 Å². The topological polar surface area (TPSA) is 211 Å². The van der Waals surface area contributed by atoms with Gasteiger partial charge in [-0.25, -0.2) is 4.79 Å². The summed E-state index contributed by atoms with van der Waals surface area (Å²) in [6.45, 7) is -0.470. The number of aliphatic carboxylic acids is 2. The third kappa shape index (κ3) is 6.31. The molecule has 0 aromatic rings. The van der Waals surface area contributed by atoms with Crippen LogP contribution in [0.3, 0.4) is 0 Å². The van der Waals surface area contributed by atoms with Gasteiger partial charge in [0.25, 0.3) is 0 Å². The molecule has 0 radical (unpaired) electrons. The van der Waals surface area contributed by atoms with E-state index in [2.05, 4.69) is 0 Å². The molecule has 11 nitrogen and oxygen atoms in total. The minimum atomic E-state index is -1.79. The fourth-order valence-corrected chi connectivity index (χ4v) is 1.37. The fourth-order valence-electron chi connectivity index (χ4n) is 1.37. The average molecular weight is 313 g/mol. The minimum absolute atomic E-state index is 0.470. The van der Waals surface area contributed by atoms with Gasteiger partial charge >= 0.3 is 11.9 Å². The summed E-state index contributed by atoms with van der Waals surface area (Å²) in [5.41, 5.74) is 5.26. The number of ether oxygens (including phenoxy) is 1. The molecule has 9 N–H and O–H groups in total. The van der Waals surface area contributed by atoms with Crippen LogP contribution >= 0.6 is 0 Å². The summed E-state index contributed by atoms with van der Waals surface area (Å²) in [6.07, 6.45) is -7.40. The molecule has 0 aromatic carbocycles. The van der Waals surface area contributed by atoms with Gasteiger partial charge in [-0.2, -0.15) is 0 Å². The smallest absolute Gasteiger partial charge is 0.333 e. The Balaban J connectivity index is 0.000000400. The number of hydrogen-bond donors (Lipinski definition) is 8. The lowest BCUT2D eigenvalue weighted by Gasteiger charge is -2.38. The summed E-state index contributed by atoms with van der Waals surface area (Å²) in [7, 11) is 0. The van der Waals surface area contributed by atoms with Crippen LogP contribution in [0.15, 0.2) is 0 Å². The SMILES string of the molecule is N[C@H]1C(O)O[C@H](CO)[C@@H](O)[C@@H]1O.O=C(O)CC(O)C(=O)O. The molecule has 1 heterocycles. The van der Waals surface area contributed by atoms with Gasteiger partial charge in [0.2, 0.25) is 0 Å². The van der Waals surface area contributed by atoms with Gasteiger partial charge in [0.1, 0.15) is 18.3 Å². The molecular formula is C10H19NO10. The summed E-state index contributed by atoms with van der Waals surface area (Å²) < 4.78 is 4.70. The number of rotatable bonds is 4. The molecule has 0 saturated carbocycles. The van der Waals surface area contributed by atoms with Gasteiger partial charge in [-0.1, -0.05) is 0 Å². The number of nitrogens with two attached hydrogens (primary N) is 1. The van der Waals surface area contributed by atoms with Gasteiger partial charge in [-0.05, 0) is 0 Å². The van der Waals surface area contributed by atoms with Gasteiger partial charge in [0.15, 0.2) is 12.4 Å². The Bertz CT molecular complexity index is 346. The van der Waals surface area contributed by atoms with Crippen LogP contribution in [0.25, 0.3) is 0 Å². The maximum atomic E-state index is 9.72. The van der Waals surface area contributed by atoms with Gasteiger partial charge in [-0.3, -0.25) is 4.79 Å². The summed E-state index contributed by atoms with van der Waals surface area (Å²) >= 11 is 0. The van der Waals surface area contributed by atoms with E-state index in [0.717, 1.165) is 0 Å². The Morgan fingerprint density at radius 2 is 1.67 bits per heavy atom. The Labute approximate surface area is 118 Å². The van der Waals surface area contributed by atoms with E-state index in [-0.39, 0.29) is 0 Å². The zero-order valence-electron chi connectivity index (χ0n) is 10.8. The molecule has 0 amide bonds. The number of aliphatic hydroxyl groups is 5. The lowest BCUT2D eigenvalue weighted by Crippen LogP contribution is -2.61. The maximum Gasteiger partial charge on any atom is 0.333 e. The zero-order valence-corrected chi connectivity index (χ0v) is 10.8. The molecule has 0 aliphatic carbocycles. The van der Waals surface area contributed by atoms with E-state index in [0.29, 0.717) is 0 Å². The normalized spacial score (nSPS) is 33.5. The van der Waals surface area contributed by atoms with Crippen LogP contribution in [0.1, 0.15) is 6.42 Å². The zero-order chi connectivity index (χ0) is 16.7. The van der Waals surface area contributed by atoms with Crippen LogP contribution in [-0.4, -0.2) is 91.0 Å². The van der Waals surface area contributed by atoms with Crippen molar-refractivity contribution in [3.8, 4) is 0 Å². The van der Waals surface area contributed by atoms with E-state index in [1.165, 1.54) is 0 Å². The van der Waals surface area contributed by atoms with Crippen molar-refractivity contribution in [3.05, 3.63) is 0 Å². The summed E-state index contributed by atoms with van der Waals surface area (Å²) in [4.78, 5) is 19.4. The van der Waals surface area contributed by atoms with Crippen LogP contribution in [0.2, 0.25) is 0 Å². The van der Waals surface area contributed by atoms with Crippen molar-refractivity contribution in [2.75, 3.05) is 6.61 Å². The van der Waals surface area contributed by atoms with E-state index in [1.807, 2.05) is 0 Å². The van der Waals surface area contributed by atoms with E-state index < -0.39 is 61.7 Å². The highest BCUT2D eigenvalue weighted by Gasteiger charge is 2.41. The monoisotopic (exact) mass is 313 g/mol. The largest absolute Gasteiger partial charge is 0.481 e. The van der Waals surface area contributed by atoms with Crippen molar-refractivity contribution in [1.29, 1.82) is 0 Å². The fraction of sp³-hybridized carbons (Fsp3) is 0.800. The molecule has 6 atom stereocenters. The molecule has 2 unspecified atom stereocenters. The van der Waals surface area contributed by atoms with E-state index in [9.17, 15) is 19.8 Å². The Morgan fingerprint density at radius 3 is 2.00 bits per heavy atom. The van der Waals surface area contributed by atoms with Crippen molar-refractivity contribution >= 4 is 11.9 Å². The lowest BCUT2D eigenvalue weighted by molar-refractivity contribution is -0.248. The predicted octanol–water partition coefficient (Wildman–Crippen LogP) is -4.35. The maximum absolute atomic E-state index is 9.72. The highest BCUT2D eigenvalue weighted by atomic mass is 16.6. The van der Waals surface area contributed by atoms with Crippen molar-refractivity contribution in [2.45, 2.75) is 43.2 Å². The lowest BCUT2D eigenvalue weighted by atomic mass is 9.98. The third-order valence-electron chi connectivity index (χ3n) is 2.60. The van der Waals surface area contributed by atoms with Crippen LogP contribution < -0.4 is 5.73 Å². The van der Waals surface area contributed by atoms with Crippen molar-refractivity contribution in [1.82, 2.24) is 0 Å². The summed E-state index contributed by atoms with van der Waals surface area (Å²) in [5, 5.41) is 60.2. The van der Waals surface area contributed by atoms with Crippen molar-refractivity contribution in [3.63, 3.8) is 0 Å². The number of aliphatic hydroxyl groups excluding tert-OH is 5.